The first-order valence-electron chi connectivity index (χ1n) is 4.86. The summed E-state index contributed by atoms with van der Waals surface area (Å²) in [5.41, 5.74) is 9.28. The summed E-state index contributed by atoms with van der Waals surface area (Å²) >= 11 is 0. The van der Waals surface area contributed by atoms with Gasteiger partial charge in [-0.25, -0.2) is 4.98 Å². The van der Waals surface area contributed by atoms with Crippen molar-refractivity contribution in [2.75, 3.05) is 0 Å². The summed E-state index contributed by atoms with van der Waals surface area (Å²) in [5, 5.41) is 0. The highest BCUT2D eigenvalue weighted by molar-refractivity contribution is 5.54. The Hall–Kier alpha value is -1.68. The van der Waals surface area contributed by atoms with Gasteiger partial charge in [0.15, 0.2) is 0 Å². The van der Waals surface area contributed by atoms with Crippen molar-refractivity contribution in [1.29, 1.82) is 0 Å². The summed E-state index contributed by atoms with van der Waals surface area (Å²) in [5.74, 6) is 0. The molecule has 0 radical (unpaired) electrons. The van der Waals surface area contributed by atoms with Gasteiger partial charge in [0.05, 0.1) is 23.3 Å². The van der Waals surface area contributed by atoms with Gasteiger partial charge in [-0.15, -0.1) is 0 Å². The number of aryl methyl sites for hydroxylation is 2. The van der Waals surface area contributed by atoms with Crippen LogP contribution in [0.2, 0.25) is 0 Å². The van der Waals surface area contributed by atoms with Crippen LogP contribution in [0.3, 0.4) is 0 Å². The number of nitrogens with two attached hydrogens (primary N) is 1. The molecular weight excluding hydrogens is 188 g/mol. The molecule has 0 bridgehead atoms. The van der Waals surface area contributed by atoms with Crippen molar-refractivity contribution < 1.29 is 0 Å². The van der Waals surface area contributed by atoms with E-state index in [1.165, 1.54) is 0 Å². The number of aromatic nitrogens is 3. The van der Waals surface area contributed by atoms with E-state index in [1.807, 2.05) is 36.9 Å². The second-order valence-electron chi connectivity index (χ2n) is 3.50. The van der Waals surface area contributed by atoms with E-state index in [-0.39, 0.29) is 0 Å². The maximum Gasteiger partial charge on any atom is 0.105 e. The highest BCUT2D eigenvalue weighted by Gasteiger charge is 2.06. The lowest BCUT2D eigenvalue weighted by Crippen LogP contribution is -2.05. The van der Waals surface area contributed by atoms with Gasteiger partial charge in [0, 0.05) is 19.8 Å². The molecule has 2 N–H and O–H groups in total. The van der Waals surface area contributed by atoms with Crippen LogP contribution in [0.4, 0.5) is 0 Å². The van der Waals surface area contributed by atoms with Crippen molar-refractivity contribution in [3.63, 3.8) is 0 Å². The van der Waals surface area contributed by atoms with Crippen LogP contribution >= 0.6 is 0 Å². The van der Waals surface area contributed by atoms with Crippen molar-refractivity contribution in [2.45, 2.75) is 13.5 Å². The zero-order valence-electron chi connectivity index (χ0n) is 8.94. The molecule has 2 aromatic heterocycles. The van der Waals surface area contributed by atoms with E-state index in [2.05, 4.69) is 9.97 Å². The molecule has 0 amide bonds. The average Bonchev–Trinajstić information content (AvgIpc) is 2.65. The van der Waals surface area contributed by atoms with Crippen molar-refractivity contribution >= 4 is 0 Å². The van der Waals surface area contributed by atoms with E-state index in [1.54, 1.807) is 6.20 Å². The van der Waals surface area contributed by atoms with Crippen LogP contribution in [0.5, 0.6) is 0 Å². The van der Waals surface area contributed by atoms with Crippen LogP contribution in [0, 0.1) is 6.92 Å². The molecule has 0 saturated carbocycles. The van der Waals surface area contributed by atoms with Crippen LogP contribution in [0.15, 0.2) is 24.5 Å². The molecule has 0 unspecified atom stereocenters. The molecule has 15 heavy (non-hydrogen) atoms. The largest absolute Gasteiger partial charge is 0.349 e. The van der Waals surface area contributed by atoms with Crippen LogP contribution in [-0.4, -0.2) is 14.5 Å². The van der Waals surface area contributed by atoms with E-state index >= 15 is 0 Å². The quantitative estimate of drug-likeness (QED) is 0.797. The zero-order chi connectivity index (χ0) is 10.8. The van der Waals surface area contributed by atoms with Gasteiger partial charge < -0.3 is 10.3 Å². The topological polar surface area (TPSA) is 56.7 Å². The first-order valence-corrected chi connectivity index (χ1v) is 4.86. The predicted molar refractivity (Wildman–Crippen MR) is 59.1 cm³/mol. The Kier molecular flexibility index (Phi) is 2.51. The lowest BCUT2D eigenvalue weighted by atomic mass is 10.2. The Balaban J connectivity index is 2.51. The van der Waals surface area contributed by atoms with Crippen LogP contribution in [-0.2, 0) is 13.6 Å². The highest BCUT2D eigenvalue weighted by Crippen LogP contribution is 2.16. The fraction of sp³-hybridized carbons (Fsp3) is 0.273. The maximum absolute atomic E-state index is 5.60. The Morgan fingerprint density at radius 3 is 2.87 bits per heavy atom. The van der Waals surface area contributed by atoms with Crippen LogP contribution in [0.1, 0.15) is 11.4 Å². The van der Waals surface area contributed by atoms with E-state index in [9.17, 15) is 0 Å². The van der Waals surface area contributed by atoms with Gasteiger partial charge in [0.2, 0.25) is 0 Å². The Labute approximate surface area is 88.8 Å². The zero-order valence-corrected chi connectivity index (χ0v) is 8.94. The van der Waals surface area contributed by atoms with Gasteiger partial charge in [0.1, 0.15) is 5.69 Å². The van der Waals surface area contributed by atoms with Gasteiger partial charge in [-0.2, -0.15) is 0 Å². The lowest BCUT2D eigenvalue weighted by molar-refractivity contribution is 0.900. The molecule has 78 valence electrons. The van der Waals surface area contributed by atoms with Crippen molar-refractivity contribution in [3.8, 4) is 11.4 Å². The minimum Gasteiger partial charge on any atom is -0.349 e. The van der Waals surface area contributed by atoms with Crippen LogP contribution < -0.4 is 5.73 Å². The Morgan fingerprint density at radius 2 is 2.27 bits per heavy atom. The van der Waals surface area contributed by atoms with E-state index in [0.29, 0.717) is 6.54 Å². The summed E-state index contributed by atoms with van der Waals surface area (Å²) in [7, 11) is 1.99. The molecule has 0 aliphatic heterocycles. The maximum atomic E-state index is 5.60. The van der Waals surface area contributed by atoms with Gasteiger partial charge in [0.25, 0.3) is 0 Å². The van der Waals surface area contributed by atoms with Crippen molar-refractivity contribution in [1.82, 2.24) is 14.5 Å². The number of hydrogen-bond donors (Lipinski definition) is 1. The number of nitrogens with zero attached hydrogens (tertiary/aromatic N) is 3. The summed E-state index contributed by atoms with van der Waals surface area (Å²) in [6, 6.07) is 4.00. The monoisotopic (exact) mass is 202 g/mol. The number of hydrogen-bond acceptors (Lipinski definition) is 3. The van der Waals surface area contributed by atoms with Gasteiger partial charge in [-0.1, -0.05) is 0 Å². The molecule has 0 aliphatic rings. The van der Waals surface area contributed by atoms with Gasteiger partial charge in [-0.3, -0.25) is 4.98 Å². The fourth-order valence-corrected chi connectivity index (χ4v) is 1.53. The number of rotatable bonds is 2. The summed E-state index contributed by atoms with van der Waals surface area (Å²) in [6.07, 6.45) is 3.77. The molecule has 4 nitrogen and oxygen atoms in total. The molecular formula is C11H14N4. The molecule has 0 atom stereocenters. The standard InChI is InChI=1S/C11H14N4/c1-8-9(6-12)14-10(7-13-8)11-4-3-5-15(11)2/h3-5,7H,6,12H2,1-2H3. The first kappa shape index (κ1) is 9.86. The molecule has 0 fully saturated rings. The third-order valence-corrected chi connectivity index (χ3v) is 2.45. The Morgan fingerprint density at radius 1 is 1.47 bits per heavy atom. The van der Waals surface area contributed by atoms with Crippen LogP contribution in [0.25, 0.3) is 11.4 Å². The third-order valence-electron chi connectivity index (χ3n) is 2.45. The molecule has 0 spiro atoms. The minimum absolute atomic E-state index is 0.428. The lowest BCUT2D eigenvalue weighted by Gasteiger charge is -2.06. The molecule has 0 aromatic carbocycles. The fourth-order valence-electron chi connectivity index (χ4n) is 1.53. The van der Waals surface area contributed by atoms with E-state index in [0.717, 1.165) is 22.8 Å². The summed E-state index contributed by atoms with van der Waals surface area (Å²) in [6.45, 7) is 2.35. The van der Waals surface area contributed by atoms with Gasteiger partial charge >= 0.3 is 0 Å². The second kappa shape index (κ2) is 3.82. The van der Waals surface area contributed by atoms with Crippen molar-refractivity contribution in [3.05, 3.63) is 35.9 Å². The predicted octanol–water partition coefficient (Wildman–Crippen LogP) is 1.25. The van der Waals surface area contributed by atoms with E-state index < -0.39 is 0 Å². The SMILES string of the molecule is Cc1ncc(-c2cccn2C)nc1CN. The first-order chi connectivity index (χ1) is 7.22. The normalized spacial score (nSPS) is 10.6. The van der Waals surface area contributed by atoms with Gasteiger partial charge in [-0.05, 0) is 19.1 Å². The molecule has 2 aromatic rings. The third kappa shape index (κ3) is 1.76. The Bertz CT molecular complexity index is 473. The second-order valence-corrected chi connectivity index (χ2v) is 3.50. The van der Waals surface area contributed by atoms with E-state index in [4.69, 9.17) is 5.73 Å². The summed E-state index contributed by atoms with van der Waals surface area (Å²) < 4.78 is 2.01. The molecule has 0 saturated heterocycles. The molecule has 0 aliphatic carbocycles. The minimum atomic E-state index is 0.428. The smallest absolute Gasteiger partial charge is 0.105 e. The molecule has 2 heterocycles. The van der Waals surface area contributed by atoms with Crippen molar-refractivity contribution in [2.24, 2.45) is 12.8 Å². The summed E-state index contributed by atoms with van der Waals surface area (Å²) in [4.78, 5) is 8.78. The highest BCUT2D eigenvalue weighted by atomic mass is 15.0. The average molecular weight is 202 g/mol. The molecule has 4 heteroatoms. The molecule has 2 rings (SSSR count).